The van der Waals surface area contributed by atoms with Crippen LogP contribution in [0.25, 0.3) is 5.52 Å². The van der Waals surface area contributed by atoms with Gasteiger partial charge in [0.05, 0.1) is 17.9 Å². The smallest absolute Gasteiger partial charge is 0.343 e. The highest BCUT2D eigenvalue weighted by Gasteiger charge is 2.22. The molecule has 0 N–H and O–H groups in total. The average molecular weight is 354 g/mol. The molecule has 0 amide bonds. The van der Waals surface area contributed by atoms with E-state index in [1.807, 2.05) is 37.3 Å². The lowest BCUT2D eigenvalue weighted by atomic mass is 10.2. The van der Waals surface area contributed by atoms with Crippen molar-refractivity contribution in [3.63, 3.8) is 0 Å². The van der Waals surface area contributed by atoms with E-state index in [0.717, 1.165) is 5.56 Å². The van der Waals surface area contributed by atoms with Crippen LogP contribution in [0.4, 0.5) is 0 Å². The Morgan fingerprint density at radius 1 is 1.20 bits per heavy atom. The number of hydrogen-bond acceptors (Lipinski definition) is 5. The largest absolute Gasteiger partial charge is 0.462 e. The zero-order chi connectivity index (χ0) is 17.8. The molecule has 2 heterocycles. The van der Waals surface area contributed by atoms with E-state index in [-0.39, 0.29) is 18.1 Å². The number of Topliss-reactive ketones (excluding diaryl/α,β-unsaturated/α-hetero) is 1. The summed E-state index contributed by atoms with van der Waals surface area (Å²) in [5.74, 6) is -0.217. The van der Waals surface area contributed by atoms with Gasteiger partial charge in [0.1, 0.15) is 10.6 Å². The van der Waals surface area contributed by atoms with Crippen molar-refractivity contribution >= 4 is 29.0 Å². The van der Waals surface area contributed by atoms with Crippen molar-refractivity contribution in [2.75, 3.05) is 12.4 Å². The first-order chi connectivity index (χ1) is 12.1. The van der Waals surface area contributed by atoms with E-state index in [1.165, 1.54) is 11.8 Å². The molecule has 6 heteroatoms. The number of hydrogen-bond donors (Lipinski definition) is 0. The Hall–Kier alpha value is -2.60. The highest BCUT2D eigenvalue weighted by molar-refractivity contribution is 8.00. The third-order valence-electron chi connectivity index (χ3n) is 3.67. The summed E-state index contributed by atoms with van der Waals surface area (Å²) >= 11 is 1.25. The van der Waals surface area contributed by atoms with Crippen LogP contribution < -0.4 is 0 Å². The monoisotopic (exact) mass is 354 g/mol. The van der Waals surface area contributed by atoms with Crippen molar-refractivity contribution in [3.8, 4) is 0 Å². The Morgan fingerprint density at radius 3 is 2.68 bits per heavy atom. The zero-order valence-corrected chi connectivity index (χ0v) is 14.9. The van der Waals surface area contributed by atoms with E-state index in [2.05, 4.69) is 5.10 Å². The van der Waals surface area contributed by atoms with Crippen molar-refractivity contribution < 1.29 is 14.3 Å². The highest BCUT2D eigenvalue weighted by atomic mass is 32.2. The third kappa shape index (κ3) is 3.74. The summed E-state index contributed by atoms with van der Waals surface area (Å²) in [6.45, 7) is 4.00. The lowest BCUT2D eigenvalue weighted by Gasteiger charge is -2.03. The van der Waals surface area contributed by atoms with E-state index in [4.69, 9.17) is 4.74 Å². The molecule has 0 bridgehead atoms. The molecular formula is C19H18N2O3S. The molecule has 2 aromatic heterocycles. The topological polar surface area (TPSA) is 60.7 Å². The molecule has 0 saturated carbocycles. The van der Waals surface area contributed by atoms with Gasteiger partial charge in [0.15, 0.2) is 5.78 Å². The summed E-state index contributed by atoms with van der Waals surface area (Å²) in [6, 6.07) is 12.9. The van der Waals surface area contributed by atoms with Crippen molar-refractivity contribution in [2.24, 2.45) is 0 Å². The molecule has 0 spiro atoms. The number of esters is 1. The van der Waals surface area contributed by atoms with Crippen LogP contribution in [0.2, 0.25) is 0 Å². The first-order valence-electron chi connectivity index (χ1n) is 7.97. The van der Waals surface area contributed by atoms with Crippen molar-refractivity contribution in [1.29, 1.82) is 0 Å². The van der Waals surface area contributed by atoms with Crippen LogP contribution in [0.15, 0.2) is 53.7 Å². The van der Waals surface area contributed by atoms with Gasteiger partial charge in [0, 0.05) is 11.8 Å². The quantitative estimate of drug-likeness (QED) is 0.383. The number of fused-ring (bicyclic) bond motifs is 1. The molecule has 3 rings (SSSR count). The zero-order valence-electron chi connectivity index (χ0n) is 14.1. The second-order valence-corrected chi connectivity index (χ2v) is 6.48. The Labute approximate surface area is 150 Å². The molecule has 0 radical (unpaired) electrons. The molecule has 5 nitrogen and oxygen atoms in total. The van der Waals surface area contributed by atoms with E-state index in [9.17, 15) is 9.59 Å². The number of aryl methyl sites for hydroxylation is 1. The number of aromatic nitrogens is 2. The summed E-state index contributed by atoms with van der Waals surface area (Å²) in [4.78, 5) is 24.7. The molecule has 1 aromatic carbocycles. The van der Waals surface area contributed by atoms with E-state index in [1.54, 1.807) is 29.8 Å². The molecule has 0 aliphatic rings. The fourth-order valence-corrected chi connectivity index (χ4v) is 3.38. The lowest BCUT2D eigenvalue weighted by Crippen LogP contribution is -2.07. The van der Waals surface area contributed by atoms with Gasteiger partial charge in [-0.2, -0.15) is 5.10 Å². The van der Waals surface area contributed by atoms with Crippen molar-refractivity contribution in [2.45, 2.75) is 18.9 Å². The van der Waals surface area contributed by atoms with Gasteiger partial charge in [-0.15, -0.1) is 0 Å². The van der Waals surface area contributed by atoms with Crippen LogP contribution in [-0.4, -0.2) is 33.7 Å². The van der Waals surface area contributed by atoms with Crippen LogP contribution in [0, 0.1) is 6.92 Å². The molecule has 0 saturated heterocycles. The number of carbonyl (C=O) groups is 2. The minimum atomic E-state index is -0.419. The molecule has 0 aliphatic carbocycles. The van der Waals surface area contributed by atoms with Crippen LogP contribution in [0.1, 0.15) is 33.2 Å². The normalized spacial score (nSPS) is 10.8. The highest BCUT2D eigenvalue weighted by Crippen LogP contribution is 2.27. The number of carbonyl (C=O) groups excluding carboxylic acids is 2. The van der Waals surface area contributed by atoms with Gasteiger partial charge in [-0.3, -0.25) is 4.79 Å². The Morgan fingerprint density at radius 2 is 1.96 bits per heavy atom. The number of rotatable bonds is 6. The van der Waals surface area contributed by atoms with Crippen molar-refractivity contribution in [3.05, 3.63) is 65.4 Å². The first-order valence-corrected chi connectivity index (χ1v) is 8.96. The molecule has 0 fully saturated rings. The fourth-order valence-electron chi connectivity index (χ4n) is 2.47. The van der Waals surface area contributed by atoms with Gasteiger partial charge in [0.25, 0.3) is 0 Å². The molecule has 0 aliphatic heterocycles. The van der Waals surface area contributed by atoms with Crippen LogP contribution in [0.3, 0.4) is 0 Å². The summed E-state index contributed by atoms with van der Waals surface area (Å²) < 4.78 is 6.82. The lowest BCUT2D eigenvalue weighted by molar-refractivity contribution is 0.0524. The molecule has 128 valence electrons. The van der Waals surface area contributed by atoms with Gasteiger partial charge in [-0.05, 0) is 31.5 Å². The van der Waals surface area contributed by atoms with Crippen molar-refractivity contribution in [1.82, 2.24) is 9.61 Å². The average Bonchev–Trinajstić information content (AvgIpc) is 2.98. The van der Waals surface area contributed by atoms with E-state index >= 15 is 0 Å². The Bertz CT molecular complexity index is 919. The van der Waals surface area contributed by atoms with Crippen LogP contribution in [-0.2, 0) is 4.74 Å². The Balaban J connectivity index is 1.91. The number of ether oxygens (including phenoxy) is 1. The number of ketones is 1. The molecule has 0 unspecified atom stereocenters. The summed E-state index contributed by atoms with van der Waals surface area (Å²) in [7, 11) is 0. The van der Waals surface area contributed by atoms with Gasteiger partial charge < -0.3 is 4.74 Å². The first kappa shape index (κ1) is 17.2. The third-order valence-corrected chi connectivity index (χ3v) is 4.64. The maximum absolute atomic E-state index is 12.4. The maximum atomic E-state index is 12.4. The van der Waals surface area contributed by atoms with E-state index < -0.39 is 5.97 Å². The summed E-state index contributed by atoms with van der Waals surface area (Å²) in [5, 5.41) is 4.96. The van der Waals surface area contributed by atoms with Gasteiger partial charge in [-0.1, -0.05) is 42.1 Å². The Kier molecular flexibility index (Phi) is 5.19. The minimum absolute atomic E-state index is 0.00588. The number of nitrogens with zero attached hydrogens (tertiary/aromatic N) is 2. The summed E-state index contributed by atoms with van der Waals surface area (Å²) in [5.41, 5.74) is 2.77. The second kappa shape index (κ2) is 7.53. The second-order valence-electron chi connectivity index (χ2n) is 5.51. The molecule has 0 atom stereocenters. The number of pyridine rings is 1. The summed E-state index contributed by atoms with van der Waals surface area (Å²) in [6.07, 6.45) is 1.80. The fraction of sp³-hybridized carbons (Fsp3) is 0.211. The predicted molar refractivity (Wildman–Crippen MR) is 97.4 cm³/mol. The molecular weight excluding hydrogens is 336 g/mol. The van der Waals surface area contributed by atoms with Gasteiger partial charge >= 0.3 is 5.97 Å². The minimum Gasteiger partial charge on any atom is -0.462 e. The molecule has 3 aromatic rings. The standard InChI is InChI=1S/C19H18N2O3S/c1-3-24-19(23)17-15-11-13(2)9-10-21(15)20-18(17)25-12-16(22)14-7-5-4-6-8-14/h4-11H,3,12H2,1-2H3. The van der Waals surface area contributed by atoms with Crippen LogP contribution >= 0.6 is 11.8 Å². The van der Waals surface area contributed by atoms with Crippen LogP contribution in [0.5, 0.6) is 0 Å². The molecule has 25 heavy (non-hydrogen) atoms. The number of thioether (sulfide) groups is 1. The van der Waals surface area contributed by atoms with Gasteiger partial charge in [0.2, 0.25) is 0 Å². The number of benzene rings is 1. The predicted octanol–water partition coefficient (Wildman–Crippen LogP) is 3.79. The van der Waals surface area contributed by atoms with Gasteiger partial charge in [-0.25, -0.2) is 9.31 Å². The SMILES string of the molecule is CCOC(=O)c1c(SCC(=O)c2ccccc2)nn2ccc(C)cc12. The maximum Gasteiger partial charge on any atom is 0.343 e. The van der Waals surface area contributed by atoms with E-state index in [0.29, 0.717) is 21.7 Å².